The third kappa shape index (κ3) is 3.35. The summed E-state index contributed by atoms with van der Waals surface area (Å²) in [5, 5.41) is 0. The predicted molar refractivity (Wildman–Crippen MR) is 75.3 cm³/mol. The SMILES string of the molecule is O=C1O[CH-]CN1c1ccc(N2CCCCCC2)cc1.[W]. The normalized spacial score (nSPS) is 19.3. The summed E-state index contributed by atoms with van der Waals surface area (Å²) in [4.78, 5) is 15.5. The number of amides is 1. The molecule has 2 fully saturated rings. The maximum absolute atomic E-state index is 11.5. The zero-order valence-electron chi connectivity index (χ0n) is 11.5. The molecule has 0 aromatic heterocycles. The Hall–Kier alpha value is -1.02. The molecule has 0 radical (unpaired) electrons. The van der Waals surface area contributed by atoms with E-state index in [9.17, 15) is 4.79 Å². The Morgan fingerprint density at radius 1 is 0.950 bits per heavy atom. The van der Waals surface area contributed by atoms with E-state index in [-0.39, 0.29) is 27.2 Å². The van der Waals surface area contributed by atoms with E-state index in [1.54, 1.807) is 4.90 Å². The van der Waals surface area contributed by atoms with Crippen LogP contribution < -0.4 is 9.80 Å². The Morgan fingerprint density at radius 3 is 2.10 bits per heavy atom. The third-order valence-electron chi connectivity index (χ3n) is 3.79. The number of cyclic esters (lactones) is 1. The first kappa shape index (κ1) is 15.4. The molecule has 5 heteroatoms. The fraction of sp³-hybridized carbons (Fsp3) is 0.467. The smallest absolute Gasteiger partial charge is 0.380 e. The van der Waals surface area contributed by atoms with Gasteiger partial charge in [-0.05, 0) is 37.1 Å². The van der Waals surface area contributed by atoms with E-state index in [0.29, 0.717) is 6.54 Å². The fourth-order valence-corrected chi connectivity index (χ4v) is 2.70. The number of hydrogen-bond acceptors (Lipinski definition) is 3. The second-order valence-electron chi connectivity index (χ2n) is 5.08. The molecule has 0 atom stereocenters. The molecule has 0 bridgehead atoms. The van der Waals surface area contributed by atoms with Gasteiger partial charge in [-0.3, -0.25) is 0 Å². The monoisotopic (exact) mass is 443 g/mol. The fourth-order valence-electron chi connectivity index (χ4n) is 2.70. The first-order chi connectivity index (χ1) is 9.34. The number of anilines is 2. The van der Waals surface area contributed by atoms with Crippen molar-refractivity contribution in [2.45, 2.75) is 25.7 Å². The minimum absolute atomic E-state index is 0. The topological polar surface area (TPSA) is 32.8 Å². The number of ether oxygens (including phenoxy) is 1. The van der Waals surface area contributed by atoms with Gasteiger partial charge in [-0.1, -0.05) is 19.4 Å². The number of nitrogens with zero attached hydrogens (tertiary/aromatic N) is 2. The average molecular weight is 443 g/mol. The van der Waals surface area contributed by atoms with Crippen LogP contribution >= 0.6 is 0 Å². The van der Waals surface area contributed by atoms with Gasteiger partial charge in [-0.25, -0.2) is 4.79 Å². The maximum Gasteiger partial charge on any atom is 0.380 e. The minimum atomic E-state index is -0.289. The molecule has 2 heterocycles. The van der Waals surface area contributed by atoms with Gasteiger partial charge in [0, 0.05) is 45.5 Å². The average Bonchev–Trinajstić information content (AvgIpc) is 2.71. The Bertz CT molecular complexity index is 442. The van der Waals surface area contributed by atoms with E-state index in [2.05, 4.69) is 17.0 Å². The Morgan fingerprint density at radius 2 is 1.55 bits per heavy atom. The summed E-state index contributed by atoms with van der Waals surface area (Å²) in [6.07, 6.45) is 4.93. The van der Waals surface area contributed by atoms with E-state index >= 15 is 0 Å². The predicted octanol–water partition coefficient (Wildman–Crippen LogP) is 3.18. The van der Waals surface area contributed by atoms with E-state index in [0.717, 1.165) is 18.8 Å². The van der Waals surface area contributed by atoms with Crippen molar-refractivity contribution < 1.29 is 30.6 Å². The van der Waals surface area contributed by atoms with Crippen molar-refractivity contribution >= 4 is 17.5 Å². The van der Waals surface area contributed by atoms with E-state index in [1.165, 1.54) is 38.0 Å². The van der Waals surface area contributed by atoms with Gasteiger partial charge in [-0.2, -0.15) is 0 Å². The molecule has 108 valence electrons. The van der Waals surface area contributed by atoms with Crippen LogP contribution in [0.25, 0.3) is 0 Å². The van der Waals surface area contributed by atoms with Gasteiger partial charge >= 0.3 is 6.09 Å². The molecule has 4 nitrogen and oxygen atoms in total. The van der Waals surface area contributed by atoms with Gasteiger partial charge in [0.25, 0.3) is 0 Å². The van der Waals surface area contributed by atoms with E-state index in [4.69, 9.17) is 4.74 Å². The zero-order chi connectivity index (χ0) is 13.1. The van der Waals surface area contributed by atoms with Crippen LogP contribution in [0.2, 0.25) is 0 Å². The van der Waals surface area contributed by atoms with Crippen molar-refractivity contribution in [1.29, 1.82) is 0 Å². The number of rotatable bonds is 2. The Kier molecular flexibility index (Phi) is 5.47. The number of benzene rings is 1. The summed E-state index contributed by atoms with van der Waals surface area (Å²) in [6, 6.07) is 8.21. The van der Waals surface area contributed by atoms with Crippen molar-refractivity contribution in [2.24, 2.45) is 0 Å². The van der Waals surface area contributed by atoms with Gasteiger partial charge in [0.1, 0.15) is 0 Å². The summed E-state index contributed by atoms with van der Waals surface area (Å²) in [5.41, 5.74) is 2.15. The van der Waals surface area contributed by atoms with Crippen molar-refractivity contribution in [2.75, 3.05) is 29.4 Å². The van der Waals surface area contributed by atoms with Crippen LogP contribution in [0.15, 0.2) is 24.3 Å². The molecule has 2 aliphatic rings. The standard InChI is InChI=1S/C15H19N2O2.W/c18-15-17(11-12-19-15)14-7-5-13(6-8-14)16-9-3-1-2-4-10-16;/h5-8,12H,1-4,9-11H2;/q-1;. The van der Waals surface area contributed by atoms with Crippen LogP contribution in [0.5, 0.6) is 0 Å². The minimum Gasteiger partial charge on any atom is -0.619 e. The Balaban J connectivity index is 0.00000147. The van der Waals surface area contributed by atoms with Crippen LogP contribution in [-0.2, 0) is 25.8 Å². The molecule has 0 unspecified atom stereocenters. The third-order valence-corrected chi connectivity index (χ3v) is 3.79. The second kappa shape index (κ2) is 7.12. The van der Waals surface area contributed by atoms with E-state index < -0.39 is 0 Å². The molecule has 0 saturated carbocycles. The van der Waals surface area contributed by atoms with Crippen molar-refractivity contribution in [3.63, 3.8) is 0 Å². The van der Waals surface area contributed by atoms with Gasteiger partial charge in [0.2, 0.25) is 0 Å². The van der Waals surface area contributed by atoms with Crippen LogP contribution in [0, 0.1) is 6.61 Å². The molecule has 0 aliphatic carbocycles. The summed E-state index contributed by atoms with van der Waals surface area (Å²) in [6.45, 7) is 4.34. The van der Waals surface area contributed by atoms with Gasteiger partial charge in [-0.15, -0.1) is 6.61 Å². The van der Waals surface area contributed by atoms with Crippen LogP contribution in [-0.4, -0.2) is 25.7 Å². The largest absolute Gasteiger partial charge is 0.619 e. The van der Waals surface area contributed by atoms with Crippen LogP contribution in [0.3, 0.4) is 0 Å². The molecule has 0 spiro atoms. The molecule has 2 saturated heterocycles. The molecule has 1 amide bonds. The summed E-state index contributed by atoms with van der Waals surface area (Å²) >= 11 is 0. The summed E-state index contributed by atoms with van der Waals surface area (Å²) in [5.74, 6) is 0. The molecule has 1 aromatic rings. The molecular formula is C15H19N2O2W-. The summed E-state index contributed by atoms with van der Waals surface area (Å²) in [7, 11) is 0. The van der Waals surface area contributed by atoms with Crippen molar-refractivity contribution in [3.05, 3.63) is 30.9 Å². The first-order valence-corrected chi connectivity index (χ1v) is 6.99. The number of carbonyl (C=O) groups excluding carboxylic acids is 1. The molecule has 2 aliphatic heterocycles. The van der Waals surface area contributed by atoms with Gasteiger partial charge in [0.15, 0.2) is 0 Å². The molecule has 3 rings (SSSR count). The zero-order valence-corrected chi connectivity index (χ0v) is 14.4. The van der Waals surface area contributed by atoms with Crippen molar-refractivity contribution in [3.8, 4) is 0 Å². The molecule has 0 N–H and O–H groups in total. The van der Waals surface area contributed by atoms with Gasteiger partial charge in [0.05, 0.1) is 0 Å². The molecule has 20 heavy (non-hydrogen) atoms. The van der Waals surface area contributed by atoms with Gasteiger partial charge < -0.3 is 14.5 Å². The number of hydrogen-bond donors (Lipinski definition) is 0. The molecular weight excluding hydrogens is 424 g/mol. The molecule has 1 aromatic carbocycles. The van der Waals surface area contributed by atoms with Crippen LogP contribution in [0.1, 0.15) is 25.7 Å². The second-order valence-corrected chi connectivity index (χ2v) is 5.08. The Labute approximate surface area is 134 Å². The summed E-state index contributed by atoms with van der Waals surface area (Å²) < 4.78 is 4.83. The van der Waals surface area contributed by atoms with E-state index in [1.807, 2.05) is 12.1 Å². The van der Waals surface area contributed by atoms with Crippen LogP contribution in [0.4, 0.5) is 16.2 Å². The quantitative estimate of drug-likeness (QED) is 0.659. The first-order valence-electron chi connectivity index (χ1n) is 6.99. The van der Waals surface area contributed by atoms with Crippen molar-refractivity contribution in [1.82, 2.24) is 0 Å². The maximum atomic E-state index is 11.5. The number of carbonyl (C=O) groups is 1.